The molecule has 1 saturated carbocycles. The lowest BCUT2D eigenvalue weighted by atomic mass is 9.69. The van der Waals surface area contributed by atoms with Crippen molar-refractivity contribution >= 4 is 0 Å². The van der Waals surface area contributed by atoms with Crippen molar-refractivity contribution in [3.63, 3.8) is 0 Å². The molecular formula is C17H26FNO2. The summed E-state index contributed by atoms with van der Waals surface area (Å²) in [6.45, 7) is 4.36. The molecule has 0 bridgehead atoms. The summed E-state index contributed by atoms with van der Waals surface area (Å²) < 4.78 is 25.6. The highest BCUT2D eigenvalue weighted by Gasteiger charge is 2.35. The number of halogens is 1. The molecule has 1 aliphatic carbocycles. The topological polar surface area (TPSA) is 44.5 Å². The van der Waals surface area contributed by atoms with E-state index in [2.05, 4.69) is 0 Å². The van der Waals surface area contributed by atoms with Gasteiger partial charge in [0.25, 0.3) is 0 Å². The highest BCUT2D eigenvalue weighted by Crippen LogP contribution is 2.43. The van der Waals surface area contributed by atoms with E-state index in [-0.39, 0.29) is 17.3 Å². The Kier molecular flexibility index (Phi) is 5.09. The van der Waals surface area contributed by atoms with Crippen LogP contribution in [0, 0.1) is 5.82 Å². The van der Waals surface area contributed by atoms with Crippen LogP contribution in [0.3, 0.4) is 0 Å². The van der Waals surface area contributed by atoms with E-state index in [1.165, 1.54) is 19.6 Å². The van der Waals surface area contributed by atoms with Crippen molar-refractivity contribution in [1.82, 2.24) is 0 Å². The average molecular weight is 295 g/mol. The molecule has 1 aliphatic rings. The van der Waals surface area contributed by atoms with Gasteiger partial charge in [-0.15, -0.1) is 0 Å². The maximum atomic E-state index is 14.6. The Bertz CT molecular complexity index is 482. The van der Waals surface area contributed by atoms with Crippen LogP contribution in [0.1, 0.15) is 51.5 Å². The first-order chi connectivity index (χ1) is 10.0. The Hall–Kier alpha value is -1.29. The molecule has 3 nitrogen and oxygen atoms in total. The molecule has 0 amide bonds. The van der Waals surface area contributed by atoms with Gasteiger partial charge in [0.1, 0.15) is 5.82 Å². The van der Waals surface area contributed by atoms with Crippen LogP contribution < -0.4 is 15.2 Å². The Morgan fingerprint density at radius 3 is 2.38 bits per heavy atom. The van der Waals surface area contributed by atoms with Gasteiger partial charge in [-0.1, -0.05) is 19.3 Å². The first kappa shape index (κ1) is 16.1. The van der Waals surface area contributed by atoms with Gasteiger partial charge in [-0.25, -0.2) is 4.39 Å². The fraction of sp³-hybridized carbons (Fsp3) is 0.647. The van der Waals surface area contributed by atoms with Crippen molar-refractivity contribution in [3.8, 4) is 11.5 Å². The second-order valence-corrected chi connectivity index (χ2v) is 6.19. The number of benzene rings is 1. The minimum Gasteiger partial charge on any atom is -0.493 e. The van der Waals surface area contributed by atoms with Crippen molar-refractivity contribution in [2.45, 2.75) is 57.5 Å². The monoisotopic (exact) mass is 295 g/mol. The molecule has 2 rings (SSSR count). The second kappa shape index (κ2) is 6.65. The summed E-state index contributed by atoms with van der Waals surface area (Å²) in [5.74, 6) is 0.797. The lowest BCUT2D eigenvalue weighted by Crippen LogP contribution is -2.38. The largest absolute Gasteiger partial charge is 0.493 e. The molecule has 1 fully saturated rings. The molecule has 0 unspecified atom stereocenters. The van der Waals surface area contributed by atoms with Gasteiger partial charge in [0.05, 0.1) is 13.2 Å². The van der Waals surface area contributed by atoms with E-state index in [4.69, 9.17) is 15.2 Å². The van der Waals surface area contributed by atoms with Gasteiger partial charge in [-0.2, -0.15) is 0 Å². The molecule has 2 N–H and O–H groups in total. The van der Waals surface area contributed by atoms with E-state index < -0.39 is 0 Å². The number of ether oxygens (including phenoxy) is 2. The second-order valence-electron chi connectivity index (χ2n) is 6.19. The fourth-order valence-corrected chi connectivity index (χ4v) is 3.26. The van der Waals surface area contributed by atoms with Crippen molar-refractivity contribution < 1.29 is 13.9 Å². The standard InChI is InChI=1S/C17H26FNO2/c1-12(2)21-16-9-13(14(18)10-15(16)20-3)17(11-19)7-5-4-6-8-17/h9-10,12H,4-8,11,19H2,1-3H3. The molecule has 4 heteroatoms. The summed E-state index contributed by atoms with van der Waals surface area (Å²) in [6, 6.07) is 3.23. The van der Waals surface area contributed by atoms with Crippen molar-refractivity contribution in [2.75, 3.05) is 13.7 Å². The van der Waals surface area contributed by atoms with Gasteiger partial charge >= 0.3 is 0 Å². The third-order valence-electron chi connectivity index (χ3n) is 4.39. The van der Waals surface area contributed by atoms with Crippen LogP contribution >= 0.6 is 0 Å². The molecule has 0 radical (unpaired) electrons. The zero-order chi connectivity index (χ0) is 15.5. The zero-order valence-electron chi connectivity index (χ0n) is 13.2. The van der Waals surface area contributed by atoms with E-state index in [1.807, 2.05) is 13.8 Å². The summed E-state index contributed by atoms with van der Waals surface area (Å²) in [6.07, 6.45) is 5.29. The molecule has 0 aliphatic heterocycles. The molecule has 0 atom stereocenters. The first-order valence-electron chi connectivity index (χ1n) is 7.77. The molecule has 0 aromatic heterocycles. The predicted octanol–water partition coefficient (Wildman–Crippen LogP) is 3.78. The molecule has 0 saturated heterocycles. The lowest BCUT2D eigenvalue weighted by Gasteiger charge is -2.37. The maximum absolute atomic E-state index is 14.6. The van der Waals surface area contributed by atoms with Crippen LogP contribution in [0.25, 0.3) is 0 Å². The van der Waals surface area contributed by atoms with Crippen LogP contribution in [0.15, 0.2) is 12.1 Å². The Balaban J connectivity index is 2.46. The van der Waals surface area contributed by atoms with E-state index in [0.29, 0.717) is 23.6 Å². The lowest BCUT2D eigenvalue weighted by molar-refractivity contribution is 0.226. The summed E-state index contributed by atoms with van der Waals surface area (Å²) in [7, 11) is 1.53. The van der Waals surface area contributed by atoms with E-state index >= 15 is 0 Å². The highest BCUT2D eigenvalue weighted by atomic mass is 19.1. The maximum Gasteiger partial charge on any atom is 0.163 e. The molecule has 0 heterocycles. The smallest absolute Gasteiger partial charge is 0.163 e. The SMILES string of the molecule is COc1cc(F)c(C2(CN)CCCCC2)cc1OC(C)C. The van der Waals surface area contributed by atoms with E-state index in [9.17, 15) is 4.39 Å². The van der Waals surface area contributed by atoms with Crippen molar-refractivity contribution in [3.05, 3.63) is 23.5 Å². The fourth-order valence-electron chi connectivity index (χ4n) is 3.26. The van der Waals surface area contributed by atoms with Gasteiger partial charge in [-0.05, 0) is 38.3 Å². The summed E-state index contributed by atoms with van der Waals surface area (Å²) in [4.78, 5) is 0. The third-order valence-corrected chi connectivity index (χ3v) is 4.39. The third kappa shape index (κ3) is 3.31. The van der Waals surface area contributed by atoms with Crippen LogP contribution in [0.5, 0.6) is 11.5 Å². The number of methoxy groups -OCH3 is 1. The van der Waals surface area contributed by atoms with Crippen LogP contribution in [-0.2, 0) is 5.41 Å². The molecule has 118 valence electrons. The van der Waals surface area contributed by atoms with Gasteiger partial charge in [0.15, 0.2) is 11.5 Å². The van der Waals surface area contributed by atoms with Crippen LogP contribution in [0.2, 0.25) is 0 Å². The molecule has 1 aromatic carbocycles. The highest BCUT2D eigenvalue weighted by molar-refractivity contribution is 5.46. The van der Waals surface area contributed by atoms with E-state index in [0.717, 1.165) is 25.7 Å². The van der Waals surface area contributed by atoms with Gasteiger partial charge < -0.3 is 15.2 Å². The molecular weight excluding hydrogens is 269 g/mol. The number of hydrogen-bond acceptors (Lipinski definition) is 3. The average Bonchev–Trinajstić information content (AvgIpc) is 2.48. The van der Waals surface area contributed by atoms with Crippen molar-refractivity contribution in [1.29, 1.82) is 0 Å². The number of hydrogen-bond donors (Lipinski definition) is 1. The Morgan fingerprint density at radius 2 is 1.86 bits per heavy atom. The molecule has 0 spiro atoms. The summed E-state index contributed by atoms with van der Waals surface area (Å²) >= 11 is 0. The molecule has 1 aromatic rings. The van der Waals surface area contributed by atoms with Gasteiger partial charge in [0.2, 0.25) is 0 Å². The number of rotatable bonds is 5. The van der Waals surface area contributed by atoms with Crippen LogP contribution in [0.4, 0.5) is 4.39 Å². The van der Waals surface area contributed by atoms with Gasteiger partial charge in [0, 0.05) is 18.0 Å². The first-order valence-corrected chi connectivity index (χ1v) is 7.77. The summed E-state index contributed by atoms with van der Waals surface area (Å²) in [5.41, 5.74) is 6.44. The summed E-state index contributed by atoms with van der Waals surface area (Å²) in [5, 5.41) is 0. The zero-order valence-corrected chi connectivity index (χ0v) is 13.2. The quantitative estimate of drug-likeness (QED) is 0.899. The normalized spacial score (nSPS) is 17.8. The predicted molar refractivity (Wildman–Crippen MR) is 82.5 cm³/mol. The van der Waals surface area contributed by atoms with Gasteiger partial charge in [-0.3, -0.25) is 0 Å². The van der Waals surface area contributed by atoms with Crippen molar-refractivity contribution in [2.24, 2.45) is 5.73 Å². The van der Waals surface area contributed by atoms with Crippen LogP contribution in [-0.4, -0.2) is 19.8 Å². The Morgan fingerprint density at radius 1 is 1.19 bits per heavy atom. The minimum absolute atomic E-state index is 0.0115. The molecule has 21 heavy (non-hydrogen) atoms. The Labute approximate surface area is 126 Å². The number of nitrogens with two attached hydrogens (primary N) is 1. The van der Waals surface area contributed by atoms with E-state index in [1.54, 1.807) is 6.07 Å². The minimum atomic E-state index is -0.260.